The van der Waals surface area contributed by atoms with Crippen LogP contribution in [0.2, 0.25) is 5.02 Å². The van der Waals surface area contributed by atoms with Crippen LogP contribution < -0.4 is 11.1 Å². The van der Waals surface area contributed by atoms with E-state index in [2.05, 4.69) is 5.32 Å². The van der Waals surface area contributed by atoms with Gasteiger partial charge in [0.05, 0.1) is 12.3 Å². The molecule has 1 unspecified atom stereocenters. The number of benzene rings is 1. The molecule has 0 spiro atoms. The first-order valence-electron chi connectivity index (χ1n) is 5.80. The zero-order chi connectivity index (χ0) is 14.0. The number of anilines is 1. The lowest BCUT2D eigenvalue weighted by atomic mass is 10.2. The molecule has 0 saturated carbocycles. The standard InChI is InChI=1S/C13H15ClN2O2S/c1-7(6-18-2)16-13(17)12-11(15)9-4-3-8(14)5-10(9)19-12/h3-5,7H,6,15H2,1-2H3,(H,16,17). The Morgan fingerprint density at radius 2 is 2.32 bits per heavy atom. The number of halogens is 1. The molecule has 102 valence electrons. The molecule has 1 atom stereocenters. The van der Waals surface area contributed by atoms with Gasteiger partial charge in [-0.25, -0.2) is 0 Å². The lowest BCUT2D eigenvalue weighted by Crippen LogP contribution is -2.35. The third-order valence-corrected chi connectivity index (χ3v) is 4.09. The predicted octanol–water partition coefficient (Wildman–Crippen LogP) is 2.90. The van der Waals surface area contributed by atoms with Crippen LogP contribution in [0.3, 0.4) is 0 Å². The largest absolute Gasteiger partial charge is 0.397 e. The Balaban J connectivity index is 2.29. The molecule has 0 aliphatic heterocycles. The Labute approximate surface area is 120 Å². The fourth-order valence-corrected chi connectivity index (χ4v) is 3.14. The molecule has 4 nitrogen and oxygen atoms in total. The first-order valence-corrected chi connectivity index (χ1v) is 6.99. The van der Waals surface area contributed by atoms with Crippen molar-refractivity contribution in [3.8, 4) is 0 Å². The van der Waals surface area contributed by atoms with E-state index in [1.54, 1.807) is 13.2 Å². The lowest BCUT2D eigenvalue weighted by molar-refractivity contribution is 0.0910. The fourth-order valence-electron chi connectivity index (χ4n) is 1.84. The number of ether oxygens (including phenoxy) is 1. The summed E-state index contributed by atoms with van der Waals surface area (Å²) in [6.07, 6.45) is 0. The molecule has 0 aliphatic carbocycles. The summed E-state index contributed by atoms with van der Waals surface area (Å²) in [6.45, 7) is 2.34. The monoisotopic (exact) mass is 298 g/mol. The van der Waals surface area contributed by atoms with Gasteiger partial charge in [-0.05, 0) is 25.1 Å². The van der Waals surface area contributed by atoms with E-state index in [1.807, 2.05) is 19.1 Å². The number of amides is 1. The number of nitrogen functional groups attached to an aromatic ring is 1. The molecule has 0 aliphatic rings. The molecule has 0 radical (unpaired) electrons. The zero-order valence-corrected chi connectivity index (χ0v) is 12.3. The van der Waals surface area contributed by atoms with Crippen molar-refractivity contribution in [2.45, 2.75) is 13.0 Å². The second-order valence-corrected chi connectivity index (χ2v) is 5.80. The Morgan fingerprint density at radius 1 is 1.58 bits per heavy atom. The lowest BCUT2D eigenvalue weighted by Gasteiger charge is -2.11. The molecule has 6 heteroatoms. The minimum Gasteiger partial charge on any atom is -0.397 e. The van der Waals surface area contributed by atoms with Crippen LogP contribution >= 0.6 is 22.9 Å². The molecule has 3 N–H and O–H groups in total. The second-order valence-electron chi connectivity index (χ2n) is 4.32. The topological polar surface area (TPSA) is 64.3 Å². The number of hydrogen-bond donors (Lipinski definition) is 2. The van der Waals surface area contributed by atoms with Crippen molar-refractivity contribution in [2.24, 2.45) is 0 Å². The third-order valence-electron chi connectivity index (χ3n) is 2.69. The molecular weight excluding hydrogens is 284 g/mol. The maximum absolute atomic E-state index is 12.1. The van der Waals surface area contributed by atoms with Crippen molar-refractivity contribution in [3.63, 3.8) is 0 Å². The number of nitrogens with two attached hydrogens (primary N) is 1. The van der Waals surface area contributed by atoms with E-state index in [-0.39, 0.29) is 11.9 Å². The number of methoxy groups -OCH3 is 1. The molecule has 1 heterocycles. The van der Waals surface area contributed by atoms with Crippen LogP contribution in [0.5, 0.6) is 0 Å². The van der Waals surface area contributed by atoms with Crippen LogP contribution in [-0.2, 0) is 4.74 Å². The summed E-state index contributed by atoms with van der Waals surface area (Å²) in [7, 11) is 1.60. The Kier molecular flexibility index (Phi) is 4.29. The number of nitrogens with one attached hydrogen (secondary N) is 1. The smallest absolute Gasteiger partial charge is 0.263 e. The van der Waals surface area contributed by atoms with Crippen LogP contribution in [0.15, 0.2) is 18.2 Å². The zero-order valence-electron chi connectivity index (χ0n) is 10.7. The summed E-state index contributed by atoms with van der Waals surface area (Å²) >= 11 is 7.28. The number of hydrogen-bond acceptors (Lipinski definition) is 4. The molecule has 0 fully saturated rings. The molecule has 1 amide bonds. The number of thiophene rings is 1. The molecule has 2 rings (SSSR count). The van der Waals surface area contributed by atoms with E-state index < -0.39 is 0 Å². The van der Waals surface area contributed by atoms with Gasteiger partial charge in [0, 0.05) is 28.3 Å². The highest BCUT2D eigenvalue weighted by Crippen LogP contribution is 2.35. The highest BCUT2D eigenvalue weighted by Gasteiger charge is 2.17. The van der Waals surface area contributed by atoms with Gasteiger partial charge in [-0.3, -0.25) is 4.79 Å². The maximum atomic E-state index is 12.1. The van der Waals surface area contributed by atoms with E-state index in [9.17, 15) is 4.79 Å². The fraction of sp³-hybridized carbons (Fsp3) is 0.308. The number of rotatable bonds is 4. The Bertz CT molecular complexity index is 612. The Hall–Kier alpha value is -1.30. The minimum absolute atomic E-state index is 0.0642. The molecule has 19 heavy (non-hydrogen) atoms. The van der Waals surface area contributed by atoms with Crippen LogP contribution in [0.4, 0.5) is 5.69 Å². The average Bonchev–Trinajstić information content (AvgIpc) is 2.66. The number of fused-ring (bicyclic) bond motifs is 1. The summed E-state index contributed by atoms with van der Waals surface area (Å²) in [6, 6.07) is 5.35. The summed E-state index contributed by atoms with van der Waals surface area (Å²) < 4.78 is 5.90. The van der Waals surface area contributed by atoms with E-state index in [4.69, 9.17) is 22.1 Å². The third kappa shape index (κ3) is 3.00. The number of carbonyl (C=O) groups is 1. The number of carbonyl (C=O) groups excluding carboxylic acids is 1. The van der Waals surface area contributed by atoms with Gasteiger partial charge in [-0.2, -0.15) is 0 Å². The SMILES string of the molecule is COCC(C)NC(=O)c1sc2cc(Cl)ccc2c1N. The van der Waals surface area contributed by atoms with Crippen molar-refractivity contribution in [1.82, 2.24) is 5.32 Å². The van der Waals surface area contributed by atoms with Gasteiger partial charge in [0.2, 0.25) is 0 Å². The minimum atomic E-state index is -0.181. The van der Waals surface area contributed by atoms with E-state index in [0.29, 0.717) is 22.2 Å². The highest BCUT2D eigenvalue weighted by molar-refractivity contribution is 7.21. The van der Waals surface area contributed by atoms with Gasteiger partial charge >= 0.3 is 0 Å². The van der Waals surface area contributed by atoms with Gasteiger partial charge in [-0.1, -0.05) is 11.6 Å². The summed E-state index contributed by atoms with van der Waals surface area (Å²) in [5.41, 5.74) is 6.51. The van der Waals surface area contributed by atoms with Gasteiger partial charge in [0.1, 0.15) is 4.88 Å². The van der Waals surface area contributed by atoms with Gasteiger partial charge in [-0.15, -0.1) is 11.3 Å². The van der Waals surface area contributed by atoms with Crippen LogP contribution in [0.25, 0.3) is 10.1 Å². The molecule has 1 aromatic carbocycles. The van der Waals surface area contributed by atoms with E-state index in [1.165, 1.54) is 11.3 Å². The van der Waals surface area contributed by atoms with Crippen molar-refractivity contribution in [1.29, 1.82) is 0 Å². The molecule has 2 aromatic rings. The van der Waals surface area contributed by atoms with Crippen LogP contribution in [0, 0.1) is 0 Å². The van der Waals surface area contributed by atoms with Crippen LogP contribution in [-0.4, -0.2) is 25.7 Å². The molecule has 0 saturated heterocycles. The van der Waals surface area contributed by atoms with Crippen molar-refractivity contribution >= 4 is 44.6 Å². The van der Waals surface area contributed by atoms with Crippen molar-refractivity contribution in [3.05, 3.63) is 28.1 Å². The average molecular weight is 299 g/mol. The van der Waals surface area contributed by atoms with Crippen molar-refractivity contribution in [2.75, 3.05) is 19.5 Å². The molecular formula is C13H15ClN2O2S. The maximum Gasteiger partial charge on any atom is 0.263 e. The summed E-state index contributed by atoms with van der Waals surface area (Å²) in [5, 5.41) is 4.34. The van der Waals surface area contributed by atoms with Gasteiger partial charge in [0.15, 0.2) is 0 Å². The molecule has 1 aromatic heterocycles. The first kappa shape index (κ1) is 14.1. The van der Waals surface area contributed by atoms with E-state index >= 15 is 0 Å². The summed E-state index contributed by atoms with van der Waals surface area (Å²) in [4.78, 5) is 12.7. The quantitative estimate of drug-likeness (QED) is 0.912. The van der Waals surface area contributed by atoms with Crippen LogP contribution in [0.1, 0.15) is 16.6 Å². The normalized spacial score (nSPS) is 12.6. The second kappa shape index (κ2) is 5.77. The summed E-state index contributed by atoms with van der Waals surface area (Å²) in [5.74, 6) is -0.181. The van der Waals surface area contributed by atoms with Gasteiger partial charge < -0.3 is 15.8 Å². The van der Waals surface area contributed by atoms with Gasteiger partial charge in [0.25, 0.3) is 5.91 Å². The van der Waals surface area contributed by atoms with E-state index in [0.717, 1.165) is 10.1 Å². The first-order chi connectivity index (χ1) is 9.02. The van der Waals surface area contributed by atoms with Crippen molar-refractivity contribution < 1.29 is 9.53 Å². The highest BCUT2D eigenvalue weighted by atomic mass is 35.5. The predicted molar refractivity (Wildman–Crippen MR) is 80.1 cm³/mol. The Morgan fingerprint density at radius 3 is 3.00 bits per heavy atom. The molecule has 0 bridgehead atoms.